The second-order valence-corrected chi connectivity index (χ2v) is 6.41. The molecule has 0 aliphatic rings. The molecule has 2 aromatic heterocycles. The largest absolute Gasteiger partial charge is 0.332 e. The lowest BCUT2D eigenvalue weighted by molar-refractivity contribution is 0.695. The third kappa shape index (κ3) is 1.93. The molecular weight excluding hydrogens is 358 g/mol. The van der Waals surface area contributed by atoms with Crippen molar-refractivity contribution in [3.05, 3.63) is 26.7 Å². The van der Waals surface area contributed by atoms with Crippen LogP contribution < -0.4 is 11.2 Å². The van der Waals surface area contributed by atoms with E-state index in [2.05, 4.69) is 47.0 Å². The van der Waals surface area contributed by atoms with Gasteiger partial charge in [0, 0.05) is 14.1 Å². The highest BCUT2D eigenvalue weighted by molar-refractivity contribution is 9.24. The number of rotatable bonds is 1. The van der Waals surface area contributed by atoms with E-state index in [0.717, 1.165) is 4.57 Å². The Morgan fingerprint density at radius 2 is 1.76 bits per heavy atom. The Bertz CT molecular complexity index is 705. The zero-order valence-electron chi connectivity index (χ0n) is 8.89. The summed E-state index contributed by atoms with van der Waals surface area (Å²) in [5.74, 6) is 0.327. The summed E-state index contributed by atoms with van der Waals surface area (Å²) in [7, 11) is 2.91. The van der Waals surface area contributed by atoms with Gasteiger partial charge in [-0.25, -0.2) is 9.78 Å². The number of aromatic nitrogens is 5. The van der Waals surface area contributed by atoms with Gasteiger partial charge in [0.15, 0.2) is 17.0 Å². The fourth-order valence-electron chi connectivity index (χ4n) is 1.36. The van der Waals surface area contributed by atoms with Crippen molar-refractivity contribution in [1.29, 1.82) is 0 Å². The Morgan fingerprint density at radius 1 is 1.12 bits per heavy atom. The van der Waals surface area contributed by atoms with E-state index in [9.17, 15) is 9.59 Å². The van der Waals surface area contributed by atoms with E-state index in [1.54, 1.807) is 0 Å². The number of hydrogen-bond acceptors (Lipinski definition) is 5. The van der Waals surface area contributed by atoms with Gasteiger partial charge in [0.2, 0.25) is 0 Å². The molecule has 9 heteroatoms. The van der Waals surface area contributed by atoms with Gasteiger partial charge in [-0.15, -0.1) is 10.2 Å². The van der Waals surface area contributed by atoms with Crippen LogP contribution in [0.3, 0.4) is 0 Å². The molecule has 0 atom stereocenters. The summed E-state index contributed by atoms with van der Waals surface area (Å²) in [5.41, 5.74) is -0.661. The summed E-state index contributed by atoms with van der Waals surface area (Å²) >= 11 is 6.44. The topological polar surface area (TPSA) is 82.7 Å². The zero-order valence-corrected chi connectivity index (χ0v) is 12.1. The molecule has 0 radical (unpaired) electrons. The highest BCUT2D eigenvalue weighted by Gasteiger charge is 2.14. The SMILES string of the molecule is Cn1c(=O)c2nc(C(Br)Br)nnc2n(C)c1=O. The quantitative estimate of drug-likeness (QED) is 0.675. The third-order valence-electron chi connectivity index (χ3n) is 2.28. The highest BCUT2D eigenvalue weighted by Crippen LogP contribution is 2.25. The molecule has 0 aromatic carbocycles. The minimum Gasteiger partial charge on any atom is -0.278 e. The fourth-order valence-corrected chi connectivity index (χ4v) is 1.74. The molecule has 0 unspecified atom stereocenters. The van der Waals surface area contributed by atoms with Crippen LogP contribution in [0.1, 0.15) is 9.56 Å². The molecule has 0 spiro atoms. The molecule has 0 aliphatic carbocycles. The minimum absolute atomic E-state index is 0.114. The summed E-state index contributed by atoms with van der Waals surface area (Å²) in [6.07, 6.45) is 0. The molecule has 17 heavy (non-hydrogen) atoms. The van der Waals surface area contributed by atoms with Gasteiger partial charge in [-0.2, -0.15) is 0 Å². The Balaban J connectivity index is 2.97. The standard InChI is InChI=1S/C8H7Br2N5O2/c1-14-6-3(7(16)15(2)8(14)17)11-5(4(9)10)12-13-6/h4H,1-2H3. The van der Waals surface area contributed by atoms with E-state index in [1.807, 2.05) is 0 Å². The van der Waals surface area contributed by atoms with Crippen molar-refractivity contribution in [3.63, 3.8) is 0 Å². The number of alkyl halides is 2. The van der Waals surface area contributed by atoms with Crippen molar-refractivity contribution >= 4 is 43.0 Å². The van der Waals surface area contributed by atoms with Gasteiger partial charge in [0.1, 0.15) is 3.74 Å². The first-order valence-corrected chi connectivity index (χ1v) is 6.35. The number of aryl methyl sites for hydroxylation is 1. The third-order valence-corrected chi connectivity index (χ3v) is 3.10. The smallest absolute Gasteiger partial charge is 0.278 e. The molecule has 2 rings (SSSR count). The van der Waals surface area contributed by atoms with E-state index < -0.39 is 11.2 Å². The maximum atomic E-state index is 11.9. The van der Waals surface area contributed by atoms with Crippen molar-refractivity contribution in [3.8, 4) is 0 Å². The van der Waals surface area contributed by atoms with Crippen LogP contribution in [0, 0.1) is 0 Å². The maximum absolute atomic E-state index is 11.9. The summed E-state index contributed by atoms with van der Waals surface area (Å²) in [6.45, 7) is 0. The van der Waals surface area contributed by atoms with Gasteiger partial charge in [-0.3, -0.25) is 13.9 Å². The molecule has 0 N–H and O–H groups in total. The second kappa shape index (κ2) is 4.30. The van der Waals surface area contributed by atoms with Crippen LogP contribution in [0.2, 0.25) is 0 Å². The van der Waals surface area contributed by atoms with Crippen LogP contribution in [-0.4, -0.2) is 24.3 Å². The Kier molecular flexibility index (Phi) is 3.13. The summed E-state index contributed by atoms with van der Waals surface area (Å²) in [6, 6.07) is 0. The lowest BCUT2D eigenvalue weighted by Crippen LogP contribution is -2.38. The van der Waals surface area contributed by atoms with Crippen LogP contribution in [0.5, 0.6) is 0 Å². The molecule has 0 fully saturated rings. The van der Waals surface area contributed by atoms with E-state index in [-0.39, 0.29) is 14.9 Å². The number of halogens is 2. The average molecular weight is 365 g/mol. The Hall–Kier alpha value is -1.09. The summed E-state index contributed by atoms with van der Waals surface area (Å²) in [4.78, 5) is 27.6. The highest BCUT2D eigenvalue weighted by atomic mass is 79.9. The summed E-state index contributed by atoms with van der Waals surface area (Å²) < 4.78 is 1.92. The molecular formula is C8H7Br2N5O2. The van der Waals surface area contributed by atoms with Crippen molar-refractivity contribution in [2.45, 2.75) is 3.74 Å². The number of hydrogen-bond donors (Lipinski definition) is 0. The maximum Gasteiger partial charge on any atom is 0.332 e. The minimum atomic E-state index is -0.486. The molecule has 2 aromatic rings. The zero-order chi connectivity index (χ0) is 12.7. The second-order valence-electron chi connectivity index (χ2n) is 3.35. The van der Waals surface area contributed by atoms with Crippen molar-refractivity contribution < 1.29 is 0 Å². The van der Waals surface area contributed by atoms with E-state index in [1.165, 1.54) is 18.7 Å². The first kappa shape index (κ1) is 12.4. The number of fused-ring (bicyclic) bond motifs is 1. The van der Waals surface area contributed by atoms with Crippen molar-refractivity contribution in [2.75, 3.05) is 0 Å². The van der Waals surface area contributed by atoms with Crippen molar-refractivity contribution in [2.24, 2.45) is 14.1 Å². The molecule has 0 saturated heterocycles. The molecule has 2 heterocycles. The molecule has 0 amide bonds. The van der Waals surface area contributed by atoms with Gasteiger partial charge >= 0.3 is 5.69 Å². The predicted molar refractivity (Wildman–Crippen MR) is 68.4 cm³/mol. The lowest BCUT2D eigenvalue weighted by Gasteiger charge is -2.06. The van der Waals surface area contributed by atoms with Gasteiger partial charge in [-0.1, -0.05) is 31.9 Å². The van der Waals surface area contributed by atoms with Gasteiger partial charge < -0.3 is 0 Å². The molecule has 7 nitrogen and oxygen atoms in total. The summed E-state index contributed by atoms with van der Waals surface area (Å²) in [5, 5.41) is 7.66. The van der Waals surface area contributed by atoms with Gasteiger partial charge in [0.25, 0.3) is 5.56 Å². The first-order chi connectivity index (χ1) is 7.93. The van der Waals surface area contributed by atoms with E-state index >= 15 is 0 Å². The normalized spacial score (nSPS) is 11.4. The molecule has 0 saturated carbocycles. The van der Waals surface area contributed by atoms with Crippen LogP contribution in [-0.2, 0) is 14.1 Å². The van der Waals surface area contributed by atoms with Crippen LogP contribution in [0.15, 0.2) is 9.59 Å². The molecule has 0 bridgehead atoms. The molecule has 0 aliphatic heterocycles. The van der Waals surface area contributed by atoms with E-state index in [0.29, 0.717) is 5.82 Å². The van der Waals surface area contributed by atoms with Crippen LogP contribution in [0.25, 0.3) is 11.2 Å². The van der Waals surface area contributed by atoms with E-state index in [4.69, 9.17) is 0 Å². The molecule has 90 valence electrons. The fraction of sp³-hybridized carbons (Fsp3) is 0.375. The number of nitrogens with zero attached hydrogens (tertiary/aromatic N) is 5. The average Bonchev–Trinajstić information content (AvgIpc) is 2.32. The van der Waals surface area contributed by atoms with Crippen molar-refractivity contribution in [1.82, 2.24) is 24.3 Å². The monoisotopic (exact) mass is 363 g/mol. The van der Waals surface area contributed by atoms with Gasteiger partial charge in [0.05, 0.1) is 0 Å². The first-order valence-electron chi connectivity index (χ1n) is 4.52. The van der Waals surface area contributed by atoms with Gasteiger partial charge in [-0.05, 0) is 0 Å². The van der Waals surface area contributed by atoms with Crippen LogP contribution in [0.4, 0.5) is 0 Å². The Morgan fingerprint density at radius 3 is 2.35 bits per heavy atom. The van der Waals surface area contributed by atoms with Crippen LogP contribution >= 0.6 is 31.9 Å². The Labute approximate surface area is 112 Å². The predicted octanol–water partition coefficient (Wildman–Crippen LogP) is 0.211. The lowest BCUT2D eigenvalue weighted by atomic mass is 10.5.